The topological polar surface area (TPSA) is 131 Å². The van der Waals surface area contributed by atoms with Gasteiger partial charge in [0, 0.05) is 12.6 Å². The number of amides is 1. The Morgan fingerprint density at radius 2 is 1.65 bits per heavy atom. The number of sulfonamides is 1. The van der Waals surface area contributed by atoms with Crippen LogP contribution in [-0.4, -0.2) is 60.4 Å². The molecule has 0 aliphatic heterocycles. The van der Waals surface area contributed by atoms with E-state index in [1.54, 1.807) is 48.5 Å². The zero-order chi connectivity index (χ0) is 24.1. The van der Waals surface area contributed by atoms with E-state index in [4.69, 9.17) is 9.47 Å². The Morgan fingerprint density at radius 1 is 1.10 bits per heavy atom. The molecule has 1 aliphatic carbocycles. The van der Waals surface area contributed by atoms with Crippen LogP contribution in [0.15, 0.2) is 4.40 Å². The smallest absolute Gasteiger partial charge is 0.408 e. The first-order valence-electron chi connectivity index (χ1n) is 10.6. The average molecular weight is 463 g/mol. The number of nitrogens with one attached hydrogen (secondary N) is 1. The number of nitrogens with zero attached hydrogens (tertiary/aromatic N) is 1. The van der Waals surface area contributed by atoms with Crippen molar-refractivity contribution in [1.82, 2.24) is 5.32 Å². The van der Waals surface area contributed by atoms with Gasteiger partial charge in [0.2, 0.25) is 0 Å². The molecule has 0 radical (unpaired) electrons. The van der Waals surface area contributed by atoms with Gasteiger partial charge in [0.1, 0.15) is 17.2 Å². The van der Waals surface area contributed by atoms with Crippen LogP contribution in [0.1, 0.15) is 80.6 Å². The molecule has 0 bridgehead atoms. The second kappa shape index (κ2) is 10.3. The van der Waals surface area contributed by atoms with E-state index in [1.165, 1.54) is 0 Å². The summed E-state index contributed by atoms with van der Waals surface area (Å²) in [6, 6.07) is -1.16. The summed E-state index contributed by atoms with van der Waals surface area (Å²) in [5.41, 5.74) is -2.60. The van der Waals surface area contributed by atoms with Crippen molar-refractivity contribution in [3.8, 4) is 0 Å². The molecule has 10 heteroatoms. The second-order valence-corrected chi connectivity index (χ2v) is 12.1. The van der Waals surface area contributed by atoms with Gasteiger partial charge in [-0.15, -0.1) is 0 Å². The molecular weight excluding hydrogens is 424 g/mol. The molecule has 2 atom stereocenters. The lowest BCUT2D eigenvalue weighted by atomic mass is 9.73. The minimum Gasteiger partial charge on any atom is -0.458 e. The van der Waals surface area contributed by atoms with Gasteiger partial charge in [0.15, 0.2) is 0 Å². The highest BCUT2D eigenvalue weighted by molar-refractivity contribution is 7.90. The zero-order valence-corrected chi connectivity index (χ0v) is 20.5. The second-order valence-electron chi connectivity index (χ2n) is 10.3. The third kappa shape index (κ3) is 11.0. The van der Waals surface area contributed by atoms with E-state index in [1.807, 2.05) is 0 Å². The van der Waals surface area contributed by atoms with Gasteiger partial charge in [-0.25, -0.2) is 18.0 Å². The molecule has 0 aromatic rings. The Balaban J connectivity index is 2.76. The molecule has 1 unspecified atom stereocenters. The molecule has 0 aromatic heterocycles. The summed E-state index contributed by atoms with van der Waals surface area (Å²) in [4.78, 5) is 24.5. The molecule has 0 aromatic carbocycles. The molecule has 2 N–H and O–H groups in total. The predicted molar refractivity (Wildman–Crippen MR) is 118 cm³/mol. The molecule has 1 aliphatic rings. The van der Waals surface area contributed by atoms with E-state index >= 15 is 0 Å². The lowest BCUT2D eigenvalue weighted by molar-refractivity contribution is -0.157. The molecule has 1 saturated carbocycles. The molecule has 31 heavy (non-hydrogen) atoms. The number of ether oxygens (including phenoxy) is 2. The quantitative estimate of drug-likeness (QED) is 0.398. The first kappa shape index (κ1) is 27.4. The number of esters is 1. The predicted octanol–water partition coefficient (Wildman–Crippen LogP) is 2.95. The van der Waals surface area contributed by atoms with Gasteiger partial charge in [-0.2, -0.15) is 4.40 Å². The van der Waals surface area contributed by atoms with Gasteiger partial charge in [0.05, 0.1) is 11.4 Å². The molecule has 0 spiro atoms. The van der Waals surface area contributed by atoms with Crippen LogP contribution >= 0.6 is 0 Å². The first-order valence-corrected chi connectivity index (χ1v) is 12.2. The van der Waals surface area contributed by atoms with Crippen LogP contribution in [0.4, 0.5) is 4.79 Å². The van der Waals surface area contributed by atoms with Crippen molar-refractivity contribution in [3.05, 3.63) is 0 Å². The van der Waals surface area contributed by atoms with Gasteiger partial charge >= 0.3 is 12.1 Å². The molecule has 0 saturated heterocycles. The summed E-state index contributed by atoms with van der Waals surface area (Å²) in [5.74, 6) is -0.916. The number of aliphatic hydroxyl groups is 1. The zero-order valence-electron chi connectivity index (χ0n) is 19.7. The Kier molecular flexibility index (Phi) is 9.08. The van der Waals surface area contributed by atoms with Crippen molar-refractivity contribution in [1.29, 1.82) is 0 Å². The Labute approximate surface area is 186 Å². The Hall–Kier alpha value is -1.68. The largest absolute Gasteiger partial charge is 0.458 e. The number of hydrogen-bond acceptors (Lipinski definition) is 7. The summed E-state index contributed by atoms with van der Waals surface area (Å²) in [5, 5.41) is 12.9. The van der Waals surface area contributed by atoms with E-state index in [0.29, 0.717) is 0 Å². The van der Waals surface area contributed by atoms with Crippen molar-refractivity contribution >= 4 is 28.3 Å². The highest BCUT2D eigenvalue weighted by atomic mass is 32.2. The molecule has 1 amide bonds. The Morgan fingerprint density at radius 3 is 2.10 bits per heavy atom. The Bertz CT molecular complexity index is 758. The number of alkyl carbamates (subject to hydrolysis) is 1. The highest BCUT2D eigenvalue weighted by Crippen LogP contribution is 2.38. The summed E-state index contributed by atoms with van der Waals surface area (Å²) in [6.45, 7) is 11.7. The van der Waals surface area contributed by atoms with Crippen molar-refractivity contribution in [2.45, 2.75) is 103 Å². The van der Waals surface area contributed by atoms with Crippen LogP contribution in [0.2, 0.25) is 0 Å². The normalized spacial score (nSPS) is 18.7. The van der Waals surface area contributed by atoms with Crippen LogP contribution in [0.5, 0.6) is 0 Å². The highest BCUT2D eigenvalue weighted by Gasteiger charge is 2.36. The van der Waals surface area contributed by atoms with Crippen molar-refractivity contribution in [2.75, 3.05) is 5.75 Å². The fourth-order valence-corrected chi connectivity index (χ4v) is 4.01. The maximum absolute atomic E-state index is 12.5. The SMILES string of the molecule is CC(C)(C)OC(=O)N[C@@H](CC=NS(=O)(=O)CCC(C)(O)C1CCC1)C(=O)OC(C)(C)C. The first-order chi connectivity index (χ1) is 13.9. The van der Waals surface area contributed by atoms with E-state index in [2.05, 4.69) is 9.71 Å². The van der Waals surface area contributed by atoms with Gasteiger partial charge < -0.3 is 19.9 Å². The third-order valence-electron chi connectivity index (χ3n) is 4.81. The number of rotatable bonds is 9. The lowest BCUT2D eigenvalue weighted by Gasteiger charge is -2.38. The van der Waals surface area contributed by atoms with E-state index in [0.717, 1.165) is 25.5 Å². The maximum Gasteiger partial charge on any atom is 0.408 e. The van der Waals surface area contributed by atoms with Crippen LogP contribution in [-0.2, 0) is 24.3 Å². The number of carbonyl (C=O) groups excluding carboxylic acids is 2. The van der Waals surface area contributed by atoms with E-state index < -0.39 is 44.9 Å². The summed E-state index contributed by atoms with van der Waals surface area (Å²) in [6.07, 6.45) is 2.97. The summed E-state index contributed by atoms with van der Waals surface area (Å²) < 4.78 is 38.6. The molecule has 0 heterocycles. The minimum atomic E-state index is -3.83. The van der Waals surface area contributed by atoms with Crippen molar-refractivity contribution in [2.24, 2.45) is 10.3 Å². The fraction of sp³-hybridized carbons (Fsp3) is 0.857. The number of hydrogen-bond donors (Lipinski definition) is 2. The summed E-state index contributed by atoms with van der Waals surface area (Å²) in [7, 11) is -3.83. The van der Waals surface area contributed by atoms with Gasteiger partial charge in [-0.3, -0.25) is 0 Å². The van der Waals surface area contributed by atoms with E-state index in [9.17, 15) is 23.1 Å². The number of carbonyl (C=O) groups is 2. The molecule has 180 valence electrons. The van der Waals surface area contributed by atoms with Crippen molar-refractivity contribution < 1.29 is 32.6 Å². The van der Waals surface area contributed by atoms with Crippen molar-refractivity contribution in [3.63, 3.8) is 0 Å². The average Bonchev–Trinajstić information content (AvgIpc) is 2.46. The summed E-state index contributed by atoms with van der Waals surface area (Å²) >= 11 is 0. The maximum atomic E-state index is 12.5. The van der Waals surface area contributed by atoms with E-state index in [-0.39, 0.29) is 24.5 Å². The minimum absolute atomic E-state index is 0.0863. The van der Waals surface area contributed by atoms with Gasteiger partial charge in [0.25, 0.3) is 10.0 Å². The van der Waals surface area contributed by atoms with Gasteiger partial charge in [-0.1, -0.05) is 6.42 Å². The third-order valence-corrected chi connectivity index (χ3v) is 6.00. The monoisotopic (exact) mass is 462 g/mol. The van der Waals surface area contributed by atoms with Crippen LogP contribution in [0, 0.1) is 5.92 Å². The molecule has 1 rings (SSSR count). The van der Waals surface area contributed by atoms with Crippen LogP contribution in [0.3, 0.4) is 0 Å². The lowest BCUT2D eigenvalue weighted by Crippen LogP contribution is -2.46. The fourth-order valence-electron chi connectivity index (χ4n) is 2.92. The van der Waals surface area contributed by atoms with Gasteiger partial charge in [-0.05, 0) is 73.6 Å². The van der Waals surface area contributed by atoms with Crippen LogP contribution < -0.4 is 5.32 Å². The molecule has 1 fully saturated rings. The molecule has 9 nitrogen and oxygen atoms in total. The standard InChI is InChI=1S/C21H38N2O7S/c1-19(2,3)29-17(24)16(23-18(25)30-20(4,5)6)11-13-22-31(27,28)14-12-21(7,26)15-9-8-10-15/h13,15-16,26H,8-12,14H2,1-7H3,(H,23,25)/t16-,21?/m0/s1. The van der Waals surface area contributed by atoms with Crippen LogP contribution in [0.25, 0.3) is 0 Å². The molecular formula is C21H38N2O7S.